The van der Waals surface area contributed by atoms with E-state index in [9.17, 15) is 8.42 Å². The van der Waals surface area contributed by atoms with Crippen LogP contribution in [0.3, 0.4) is 0 Å². The maximum atomic E-state index is 12.6. The Morgan fingerprint density at radius 3 is 2.44 bits per heavy atom. The molecule has 0 saturated carbocycles. The molecule has 0 radical (unpaired) electrons. The van der Waals surface area contributed by atoms with Crippen LogP contribution in [0.15, 0.2) is 74.0 Å². The lowest BCUT2D eigenvalue weighted by Crippen LogP contribution is -2.06. The Kier molecular flexibility index (Phi) is 5.51. The predicted molar refractivity (Wildman–Crippen MR) is 101 cm³/mol. The third-order valence-corrected chi connectivity index (χ3v) is 6.47. The lowest BCUT2D eigenvalue weighted by atomic mass is 10.2. The highest BCUT2D eigenvalue weighted by atomic mass is 79.9. The number of sulfone groups is 1. The molecule has 0 aliphatic heterocycles. The second-order valence-electron chi connectivity index (χ2n) is 5.00. The molecule has 3 aromatic rings. The fourth-order valence-corrected chi connectivity index (χ4v) is 4.35. The number of aromatic nitrogens is 3. The van der Waals surface area contributed by atoms with Gasteiger partial charge in [-0.15, -0.1) is 22.0 Å². The first-order valence-corrected chi connectivity index (χ1v) is 10.7. The largest absolute Gasteiger partial charge is 0.253 e. The zero-order chi connectivity index (χ0) is 17.9. The van der Waals surface area contributed by atoms with Crippen molar-refractivity contribution >= 4 is 37.5 Å². The topological polar surface area (TPSA) is 72.8 Å². The molecule has 3 rings (SSSR count). The summed E-state index contributed by atoms with van der Waals surface area (Å²) in [6, 6.07) is 13.3. The SMILES string of the molecule is CCSc1cccnc1-c1ccc(S(=O)(=O)c2ccc(Br)cc2)nn1. The third-order valence-electron chi connectivity index (χ3n) is 3.35. The Balaban J connectivity index is 1.96. The summed E-state index contributed by atoms with van der Waals surface area (Å²) in [5.74, 6) is 0.905. The number of hydrogen-bond acceptors (Lipinski definition) is 6. The van der Waals surface area contributed by atoms with Gasteiger partial charge in [-0.2, -0.15) is 0 Å². The first kappa shape index (κ1) is 18.0. The van der Waals surface area contributed by atoms with Crippen molar-refractivity contribution in [3.8, 4) is 11.4 Å². The highest BCUT2D eigenvalue weighted by Crippen LogP contribution is 2.28. The van der Waals surface area contributed by atoms with Gasteiger partial charge < -0.3 is 0 Å². The molecule has 0 aliphatic rings. The minimum atomic E-state index is -3.70. The van der Waals surface area contributed by atoms with Crippen LogP contribution in [0.25, 0.3) is 11.4 Å². The molecular formula is C17H14BrN3O2S2. The van der Waals surface area contributed by atoms with Crippen molar-refractivity contribution < 1.29 is 8.42 Å². The molecule has 0 aliphatic carbocycles. The van der Waals surface area contributed by atoms with E-state index in [4.69, 9.17) is 0 Å². The summed E-state index contributed by atoms with van der Waals surface area (Å²) in [4.78, 5) is 5.52. The van der Waals surface area contributed by atoms with Crippen LogP contribution < -0.4 is 0 Å². The van der Waals surface area contributed by atoms with Crippen molar-refractivity contribution in [3.05, 3.63) is 59.2 Å². The average Bonchev–Trinajstić information content (AvgIpc) is 2.63. The lowest BCUT2D eigenvalue weighted by molar-refractivity contribution is 0.590. The predicted octanol–water partition coefficient (Wildman–Crippen LogP) is 4.25. The van der Waals surface area contributed by atoms with Crippen LogP contribution in [0.1, 0.15) is 6.92 Å². The molecule has 2 heterocycles. The Bertz CT molecular complexity index is 976. The summed E-state index contributed by atoms with van der Waals surface area (Å²) in [5, 5.41) is 7.93. The maximum Gasteiger partial charge on any atom is 0.225 e. The molecule has 0 bridgehead atoms. The Morgan fingerprint density at radius 2 is 1.80 bits per heavy atom. The number of thioether (sulfide) groups is 1. The highest BCUT2D eigenvalue weighted by Gasteiger charge is 2.20. The fourth-order valence-electron chi connectivity index (χ4n) is 2.18. The number of rotatable bonds is 5. The molecule has 128 valence electrons. The zero-order valence-corrected chi connectivity index (χ0v) is 16.5. The molecule has 0 N–H and O–H groups in total. The van der Waals surface area contributed by atoms with Crippen molar-refractivity contribution in [3.63, 3.8) is 0 Å². The van der Waals surface area contributed by atoms with Crippen LogP contribution in [-0.4, -0.2) is 29.4 Å². The summed E-state index contributed by atoms with van der Waals surface area (Å²) in [6.45, 7) is 2.06. The fraction of sp³-hybridized carbons (Fsp3) is 0.118. The monoisotopic (exact) mass is 435 g/mol. The zero-order valence-electron chi connectivity index (χ0n) is 13.3. The Hall–Kier alpha value is -1.77. The Labute approximate surface area is 159 Å². The van der Waals surface area contributed by atoms with E-state index >= 15 is 0 Å². The van der Waals surface area contributed by atoms with Crippen molar-refractivity contribution in [2.24, 2.45) is 0 Å². The van der Waals surface area contributed by atoms with E-state index in [0.717, 1.165) is 15.1 Å². The van der Waals surface area contributed by atoms with Gasteiger partial charge in [0.2, 0.25) is 9.84 Å². The lowest BCUT2D eigenvalue weighted by Gasteiger charge is -2.07. The Morgan fingerprint density at radius 1 is 1.04 bits per heavy atom. The molecular weight excluding hydrogens is 422 g/mol. The third kappa shape index (κ3) is 3.91. The van der Waals surface area contributed by atoms with Gasteiger partial charge in [0.05, 0.1) is 4.90 Å². The van der Waals surface area contributed by atoms with E-state index in [1.54, 1.807) is 36.2 Å². The van der Waals surface area contributed by atoms with Gasteiger partial charge in [-0.25, -0.2) is 8.42 Å². The number of benzene rings is 1. The summed E-state index contributed by atoms with van der Waals surface area (Å²) >= 11 is 4.94. The van der Waals surface area contributed by atoms with Crippen molar-refractivity contribution in [1.82, 2.24) is 15.2 Å². The molecule has 0 fully saturated rings. The molecule has 1 aromatic carbocycles. The normalized spacial score (nSPS) is 11.4. The van der Waals surface area contributed by atoms with Crippen LogP contribution in [-0.2, 0) is 9.84 Å². The number of halogens is 1. The maximum absolute atomic E-state index is 12.6. The van der Waals surface area contributed by atoms with E-state index in [2.05, 4.69) is 38.0 Å². The van der Waals surface area contributed by atoms with E-state index < -0.39 is 9.84 Å². The standard InChI is InChI=1S/C17H14BrN3O2S2/c1-2-24-15-4-3-11-19-17(15)14-9-10-16(21-20-14)25(22,23)13-7-5-12(18)6-8-13/h3-11H,2H2,1H3. The molecule has 0 spiro atoms. The number of nitrogens with zero attached hydrogens (tertiary/aromatic N) is 3. The van der Waals surface area contributed by atoms with Crippen molar-refractivity contribution in [1.29, 1.82) is 0 Å². The smallest absolute Gasteiger partial charge is 0.225 e. The molecule has 25 heavy (non-hydrogen) atoms. The summed E-state index contributed by atoms with van der Waals surface area (Å²) in [7, 11) is -3.70. The van der Waals surface area contributed by atoms with Crippen molar-refractivity contribution in [2.45, 2.75) is 21.7 Å². The van der Waals surface area contributed by atoms with Crippen LogP contribution >= 0.6 is 27.7 Å². The van der Waals surface area contributed by atoms with Crippen LogP contribution in [0.5, 0.6) is 0 Å². The van der Waals surface area contributed by atoms with Gasteiger partial charge >= 0.3 is 0 Å². The highest BCUT2D eigenvalue weighted by molar-refractivity contribution is 9.10. The van der Waals surface area contributed by atoms with Gasteiger partial charge in [0.1, 0.15) is 11.4 Å². The molecule has 0 saturated heterocycles. The molecule has 2 aromatic heterocycles. The second-order valence-corrected chi connectivity index (χ2v) is 9.12. The average molecular weight is 436 g/mol. The van der Waals surface area contributed by atoms with E-state index in [0.29, 0.717) is 11.4 Å². The van der Waals surface area contributed by atoms with Gasteiger partial charge in [0, 0.05) is 15.6 Å². The first-order valence-electron chi connectivity index (χ1n) is 7.45. The molecule has 0 unspecified atom stereocenters. The molecule has 5 nitrogen and oxygen atoms in total. The number of pyridine rings is 1. The summed E-state index contributed by atoms with van der Waals surface area (Å²) in [5.41, 5.74) is 1.25. The number of hydrogen-bond donors (Lipinski definition) is 0. The van der Waals surface area contributed by atoms with Gasteiger partial charge in [0.25, 0.3) is 0 Å². The molecule has 0 amide bonds. The molecule has 8 heteroatoms. The van der Waals surface area contributed by atoms with Crippen LogP contribution in [0, 0.1) is 0 Å². The summed E-state index contributed by atoms with van der Waals surface area (Å²) in [6.07, 6.45) is 1.68. The van der Waals surface area contributed by atoms with E-state index in [1.807, 2.05) is 12.1 Å². The quantitative estimate of drug-likeness (QED) is 0.557. The van der Waals surface area contributed by atoms with Gasteiger partial charge in [-0.3, -0.25) is 4.98 Å². The minimum absolute atomic E-state index is 0.0841. The van der Waals surface area contributed by atoms with Crippen LogP contribution in [0.4, 0.5) is 0 Å². The molecule has 0 atom stereocenters. The first-order chi connectivity index (χ1) is 12.0. The van der Waals surface area contributed by atoms with Crippen molar-refractivity contribution in [2.75, 3.05) is 5.75 Å². The van der Waals surface area contributed by atoms with E-state index in [-0.39, 0.29) is 9.92 Å². The summed E-state index contributed by atoms with van der Waals surface area (Å²) < 4.78 is 26.1. The van der Waals surface area contributed by atoms with Gasteiger partial charge in [-0.05, 0) is 54.3 Å². The van der Waals surface area contributed by atoms with Gasteiger partial charge in [0.15, 0.2) is 5.03 Å². The van der Waals surface area contributed by atoms with E-state index in [1.165, 1.54) is 18.2 Å². The van der Waals surface area contributed by atoms with Crippen LogP contribution in [0.2, 0.25) is 0 Å². The van der Waals surface area contributed by atoms with Gasteiger partial charge in [-0.1, -0.05) is 22.9 Å². The minimum Gasteiger partial charge on any atom is -0.253 e. The second kappa shape index (κ2) is 7.63.